The van der Waals surface area contributed by atoms with E-state index in [-0.39, 0.29) is 18.2 Å². The van der Waals surface area contributed by atoms with Crippen LogP contribution in [0.15, 0.2) is 47.4 Å². The molecule has 0 saturated carbocycles. The van der Waals surface area contributed by atoms with Crippen LogP contribution in [0, 0.1) is 6.92 Å². The smallest absolute Gasteiger partial charge is 0.329 e. The molecule has 0 amide bonds. The molecule has 2 aromatic carbocycles. The van der Waals surface area contributed by atoms with Gasteiger partial charge in [-0.05, 0) is 51.0 Å². The fourth-order valence-corrected chi connectivity index (χ4v) is 4.93. The van der Waals surface area contributed by atoms with Gasteiger partial charge in [0.15, 0.2) is 0 Å². The molecule has 2 N–H and O–H groups in total. The summed E-state index contributed by atoms with van der Waals surface area (Å²) in [5, 5.41) is 10.6. The quantitative estimate of drug-likeness (QED) is 0.357. The van der Waals surface area contributed by atoms with Crippen LogP contribution >= 0.6 is 0 Å². The summed E-state index contributed by atoms with van der Waals surface area (Å²) in [6, 6.07) is 11.1. The minimum Gasteiger partial charge on any atom is -0.494 e. The molecule has 2 atom stereocenters. The van der Waals surface area contributed by atoms with Gasteiger partial charge in [-0.15, -0.1) is 0 Å². The molecule has 0 spiro atoms. The molecule has 174 valence electrons. The van der Waals surface area contributed by atoms with Crippen LogP contribution in [0.2, 0.25) is 0 Å². The fraction of sp³-hybridized carbons (Fsp3) is 0.385. The zero-order valence-corrected chi connectivity index (χ0v) is 19.6. The van der Waals surface area contributed by atoms with E-state index in [0.29, 0.717) is 24.3 Å². The Morgan fingerprint density at radius 2 is 1.94 bits per heavy atom. The van der Waals surface area contributed by atoms with Gasteiger partial charge in [0, 0.05) is 34.8 Å². The van der Waals surface area contributed by atoms with Crippen molar-refractivity contribution >= 4 is 27.9 Å². The SMILES string of the molecule is CCCC(CC(=O)O)n1c(=O)n(C(C)c2c[nH]c3cccc(C)c23)c2ccc(OCC)cc21. The second kappa shape index (κ2) is 9.17. The third-order valence-electron chi connectivity index (χ3n) is 6.37. The molecule has 2 aromatic heterocycles. The number of aryl methyl sites for hydroxylation is 1. The first kappa shape index (κ1) is 22.7. The van der Waals surface area contributed by atoms with E-state index in [4.69, 9.17) is 4.74 Å². The molecule has 4 aromatic rings. The van der Waals surface area contributed by atoms with Crippen molar-refractivity contribution in [1.29, 1.82) is 0 Å². The first-order valence-corrected chi connectivity index (χ1v) is 11.5. The topological polar surface area (TPSA) is 89.2 Å². The number of carboxylic acids is 1. The molecule has 0 bridgehead atoms. The van der Waals surface area contributed by atoms with E-state index in [2.05, 4.69) is 18.0 Å². The molecule has 0 radical (unpaired) electrons. The van der Waals surface area contributed by atoms with E-state index in [9.17, 15) is 14.7 Å². The molecular formula is C26H31N3O4. The number of hydrogen-bond donors (Lipinski definition) is 2. The third-order valence-corrected chi connectivity index (χ3v) is 6.37. The number of carboxylic acid groups (broad SMARTS) is 1. The molecule has 2 heterocycles. The summed E-state index contributed by atoms with van der Waals surface area (Å²) in [6.07, 6.45) is 3.24. The first-order valence-electron chi connectivity index (χ1n) is 11.5. The van der Waals surface area contributed by atoms with Gasteiger partial charge in [0.2, 0.25) is 0 Å². The van der Waals surface area contributed by atoms with Gasteiger partial charge in [-0.25, -0.2) is 4.79 Å². The maximum Gasteiger partial charge on any atom is 0.329 e. The van der Waals surface area contributed by atoms with Crippen LogP contribution in [-0.4, -0.2) is 31.8 Å². The minimum absolute atomic E-state index is 0.105. The maximum absolute atomic E-state index is 13.9. The first-order chi connectivity index (χ1) is 15.9. The third kappa shape index (κ3) is 4.03. The summed E-state index contributed by atoms with van der Waals surface area (Å²) >= 11 is 0. The Hall–Kier alpha value is -3.48. The van der Waals surface area contributed by atoms with E-state index in [1.807, 2.05) is 57.3 Å². The predicted molar refractivity (Wildman–Crippen MR) is 130 cm³/mol. The number of nitrogens with one attached hydrogen (secondary N) is 1. The fourth-order valence-electron chi connectivity index (χ4n) is 4.93. The lowest BCUT2D eigenvalue weighted by Crippen LogP contribution is -2.30. The number of rotatable bonds is 9. The van der Waals surface area contributed by atoms with Gasteiger partial charge in [-0.1, -0.05) is 25.5 Å². The van der Waals surface area contributed by atoms with Gasteiger partial charge in [0.1, 0.15) is 5.75 Å². The highest BCUT2D eigenvalue weighted by atomic mass is 16.5. The Bertz CT molecular complexity index is 1360. The Morgan fingerprint density at radius 1 is 1.15 bits per heavy atom. The lowest BCUT2D eigenvalue weighted by molar-refractivity contribution is -0.137. The second-order valence-corrected chi connectivity index (χ2v) is 8.56. The molecule has 0 saturated heterocycles. The highest BCUT2D eigenvalue weighted by molar-refractivity contribution is 5.87. The monoisotopic (exact) mass is 449 g/mol. The summed E-state index contributed by atoms with van der Waals surface area (Å²) in [6.45, 7) is 8.50. The lowest BCUT2D eigenvalue weighted by Gasteiger charge is -2.17. The number of benzene rings is 2. The van der Waals surface area contributed by atoms with Crippen LogP contribution in [0.5, 0.6) is 5.75 Å². The van der Waals surface area contributed by atoms with Crippen molar-refractivity contribution in [3.05, 3.63) is 64.2 Å². The molecule has 0 aliphatic heterocycles. The van der Waals surface area contributed by atoms with Crippen LogP contribution in [-0.2, 0) is 4.79 Å². The summed E-state index contributed by atoms with van der Waals surface area (Å²) < 4.78 is 9.14. The number of ether oxygens (including phenoxy) is 1. The lowest BCUT2D eigenvalue weighted by atomic mass is 10.0. The van der Waals surface area contributed by atoms with Crippen molar-refractivity contribution in [2.75, 3.05) is 6.61 Å². The van der Waals surface area contributed by atoms with Crippen LogP contribution < -0.4 is 10.4 Å². The second-order valence-electron chi connectivity index (χ2n) is 8.56. The summed E-state index contributed by atoms with van der Waals surface area (Å²) in [5.41, 5.74) is 4.47. The maximum atomic E-state index is 13.9. The number of hydrogen-bond acceptors (Lipinski definition) is 3. The molecule has 33 heavy (non-hydrogen) atoms. The van der Waals surface area contributed by atoms with Gasteiger partial charge in [-0.2, -0.15) is 0 Å². The predicted octanol–water partition coefficient (Wildman–Crippen LogP) is 5.42. The molecule has 7 heteroatoms. The van der Waals surface area contributed by atoms with E-state index in [1.54, 1.807) is 9.13 Å². The van der Waals surface area contributed by atoms with E-state index < -0.39 is 12.0 Å². The Balaban J connectivity index is 1.97. The number of aromatic nitrogens is 3. The molecular weight excluding hydrogens is 418 g/mol. The van der Waals surface area contributed by atoms with Crippen LogP contribution in [0.3, 0.4) is 0 Å². The van der Waals surface area contributed by atoms with Crippen molar-refractivity contribution in [2.45, 2.75) is 59.0 Å². The molecule has 4 rings (SSSR count). The van der Waals surface area contributed by atoms with Crippen molar-refractivity contribution in [3.63, 3.8) is 0 Å². The number of aromatic amines is 1. The van der Waals surface area contributed by atoms with Gasteiger partial charge in [0.05, 0.1) is 30.1 Å². The highest BCUT2D eigenvalue weighted by Crippen LogP contribution is 2.33. The van der Waals surface area contributed by atoms with Crippen molar-refractivity contribution in [3.8, 4) is 5.75 Å². The van der Waals surface area contributed by atoms with Crippen molar-refractivity contribution in [2.24, 2.45) is 0 Å². The molecule has 2 unspecified atom stereocenters. The zero-order chi connectivity index (χ0) is 23.7. The van der Waals surface area contributed by atoms with Crippen LogP contribution in [0.25, 0.3) is 21.9 Å². The van der Waals surface area contributed by atoms with Crippen molar-refractivity contribution < 1.29 is 14.6 Å². The van der Waals surface area contributed by atoms with Gasteiger partial charge in [0.25, 0.3) is 0 Å². The number of fused-ring (bicyclic) bond motifs is 2. The Kier molecular flexibility index (Phi) is 6.31. The molecule has 0 aliphatic rings. The Labute approximate surface area is 192 Å². The number of H-pyrrole nitrogens is 1. The summed E-state index contributed by atoms with van der Waals surface area (Å²) in [4.78, 5) is 28.9. The molecule has 7 nitrogen and oxygen atoms in total. The molecule has 0 aliphatic carbocycles. The van der Waals surface area contributed by atoms with E-state index in [0.717, 1.165) is 34.0 Å². The largest absolute Gasteiger partial charge is 0.494 e. The minimum atomic E-state index is -0.914. The average molecular weight is 450 g/mol. The van der Waals surface area contributed by atoms with Gasteiger partial charge >= 0.3 is 11.7 Å². The number of aliphatic carboxylic acids is 1. The van der Waals surface area contributed by atoms with E-state index in [1.165, 1.54) is 0 Å². The summed E-state index contributed by atoms with van der Waals surface area (Å²) in [5.74, 6) is -0.250. The normalized spacial score (nSPS) is 13.5. The van der Waals surface area contributed by atoms with E-state index >= 15 is 0 Å². The number of imidazole rings is 1. The van der Waals surface area contributed by atoms with Crippen molar-refractivity contribution in [1.82, 2.24) is 14.1 Å². The molecule has 0 fully saturated rings. The highest BCUT2D eigenvalue weighted by Gasteiger charge is 2.26. The summed E-state index contributed by atoms with van der Waals surface area (Å²) in [7, 11) is 0. The average Bonchev–Trinajstić information content (AvgIpc) is 3.32. The van der Waals surface area contributed by atoms with Crippen LogP contribution in [0.1, 0.15) is 63.2 Å². The Morgan fingerprint density at radius 3 is 2.64 bits per heavy atom. The number of nitrogens with zero attached hydrogens (tertiary/aromatic N) is 2. The standard InChI is InChI=1S/C26H31N3O4/c1-5-8-18(13-24(30)31)29-23-14-19(33-6-2)11-12-22(23)28(26(29)32)17(4)20-15-27-21-10-7-9-16(3)25(20)21/h7,9-12,14-15,17-18,27H,5-6,8,13H2,1-4H3,(H,30,31). The number of carbonyl (C=O) groups is 1. The van der Waals surface area contributed by atoms with Gasteiger partial charge in [-0.3, -0.25) is 13.9 Å². The zero-order valence-electron chi connectivity index (χ0n) is 19.6. The van der Waals surface area contributed by atoms with Gasteiger partial charge < -0.3 is 14.8 Å². The van der Waals surface area contributed by atoms with Crippen LogP contribution in [0.4, 0.5) is 0 Å².